The van der Waals surface area contributed by atoms with E-state index in [4.69, 9.17) is 16.3 Å². The molecule has 19 heavy (non-hydrogen) atoms. The molecule has 4 heteroatoms. The zero-order chi connectivity index (χ0) is 13.2. The molecular formula is C15H13BrClNO. The molecule has 2 aromatic carbocycles. The predicted molar refractivity (Wildman–Crippen MR) is 82.1 cm³/mol. The topological polar surface area (TPSA) is 21.3 Å². The summed E-state index contributed by atoms with van der Waals surface area (Å²) >= 11 is 9.43. The van der Waals surface area contributed by atoms with Crippen LogP contribution in [0.3, 0.4) is 0 Å². The highest BCUT2D eigenvalue weighted by Crippen LogP contribution is 2.28. The standard InChI is InChI=1S/C15H13BrClNO/c16-13-8-12(17)2-3-14(13)18-9-10-1-4-15-11(7-10)5-6-19-15/h1-4,7-8,18H,5-6,9H2. The summed E-state index contributed by atoms with van der Waals surface area (Å²) in [6.07, 6.45) is 1.01. The van der Waals surface area contributed by atoms with Gasteiger partial charge in [-0.3, -0.25) is 0 Å². The van der Waals surface area contributed by atoms with Crippen LogP contribution in [-0.4, -0.2) is 6.61 Å². The lowest BCUT2D eigenvalue weighted by Gasteiger charge is -2.10. The van der Waals surface area contributed by atoms with E-state index in [0.717, 1.165) is 40.5 Å². The largest absolute Gasteiger partial charge is 0.493 e. The molecule has 0 spiro atoms. The van der Waals surface area contributed by atoms with Gasteiger partial charge in [0, 0.05) is 28.1 Å². The molecule has 2 nitrogen and oxygen atoms in total. The quantitative estimate of drug-likeness (QED) is 0.879. The first-order valence-electron chi connectivity index (χ1n) is 6.16. The molecule has 98 valence electrons. The SMILES string of the molecule is Clc1ccc(NCc2ccc3c(c2)CCO3)c(Br)c1. The van der Waals surface area contributed by atoms with Crippen LogP contribution >= 0.6 is 27.5 Å². The molecule has 0 fully saturated rings. The Morgan fingerprint density at radius 1 is 1.21 bits per heavy atom. The van der Waals surface area contributed by atoms with Gasteiger partial charge in [0.1, 0.15) is 5.75 Å². The highest BCUT2D eigenvalue weighted by Gasteiger charge is 2.11. The van der Waals surface area contributed by atoms with Crippen molar-refractivity contribution in [3.8, 4) is 5.75 Å². The van der Waals surface area contributed by atoms with Crippen molar-refractivity contribution >= 4 is 33.2 Å². The zero-order valence-electron chi connectivity index (χ0n) is 10.2. The first-order valence-corrected chi connectivity index (χ1v) is 7.33. The minimum absolute atomic E-state index is 0.729. The van der Waals surface area contributed by atoms with Crippen LogP contribution in [0.5, 0.6) is 5.75 Å². The summed E-state index contributed by atoms with van der Waals surface area (Å²) < 4.78 is 6.48. The van der Waals surface area contributed by atoms with Crippen molar-refractivity contribution in [2.45, 2.75) is 13.0 Å². The van der Waals surface area contributed by atoms with Gasteiger partial charge in [-0.15, -0.1) is 0 Å². The molecule has 1 N–H and O–H groups in total. The van der Waals surface area contributed by atoms with Crippen LogP contribution in [0.4, 0.5) is 5.69 Å². The number of hydrogen-bond donors (Lipinski definition) is 1. The molecule has 2 aromatic rings. The Morgan fingerprint density at radius 3 is 2.95 bits per heavy atom. The monoisotopic (exact) mass is 337 g/mol. The van der Waals surface area contributed by atoms with Crippen molar-refractivity contribution in [2.24, 2.45) is 0 Å². The number of halogens is 2. The number of benzene rings is 2. The molecule has 0 radical (unpaired) electrons. The Hall–Kier alpha value is -1.19. The molecule has 0 aromatic heterocycles. The van der Waals surface area contributed by atoms with Gasteiger partial charge < -0.3 is 10.1 Å². The Balaban J connectivity index is 1.72. The number of anilines is 1. The second-order valence-electron chi connectivity index (χ2n) is 4.52. The van der Waals surface area contributed by atoms with Gasteiger partial charge in [0.15, 0.2) is 0 Å². The molecule has 1 heterocycles. The molecule has 3 rings (SSSR count). The fourth-order valence-corrected chi connectivity index (χ4v) is 3.00. The molecular weight excluding hydrogens is 326 g/mol. The first-order chi connectivity index (χ1) is 9.22. The highest BCUT2D eigenvalue weighted by atomic mass is 79.9. The molecule has 1 aliphatic heterocycles. The Morgan fingerprint density at radius 2 is 2.11 bits per heavy atom. The van der Waals surface area contributed by atoms with E-state index < -0.39 is 0 Å². The van der Waals surface area contributed by atoms with Crippen molar-refractivity contribution in [2.75, 3.05) is 11.9 Å². The molecule has 0 atom stereocenters. The molecule has 0 bridgehead atoms. The highest BCUT2D eigenvalue weighted by molar-refractivity contribution is 9.10. The summed E-state index contributed by atoms with van der Waals surface area (Å²) in [4.78, 5) is 0. The van der Waals surface area contributed by atoms with Gasteiger partial charge in [-0.2, -0.15) is 0 Å². The van der Waals surface area contributed by atoms with Gasteiger partial charge in [-0.1, -0.05) is 23.7 Å². The van der Waals surface area contributed by atoms with Crippen molar-refractivity contribution in [3.05, 3.63) is 57.0 Å². The van der Waals surface area contributed by atoms with E-state index in [2.05, 4.69) is 39.4 Å². The maximum Gasteiger partial charge on any atom is 0.122 e. The van der Waals surface area contributed by atoms with Crippen LogP contribution in [0.2, 0.25) is 5.02 Å². The average molecular weight is 339 g/mol. The molecule has 0 saturated carbocycles. The van der Waals surface area contributed by atoms with Gasteiger partial charge in [-0.05, 0) is 51.3 Å². The minimum Gasteiger partial charge on any atom is -0.493 e. The number of rotatable bonds is 3. The average Bonchev–Trinajstić information content (AvgIpc) is 2.85. The van der Waals surface area contributed by atoms with Crippen molar-refractivity contribution in [3.63, 3.8) is 0 Å². The molecule has 0 aliphatic carbocycles. The Kier molecular flexibility index (Phi) is 3.67. The smallest absolute Gasteiger partial charge is 0.122 e. The van der Waals surface area contributed by atoms with Gasteiger partial charge in [0.25, 0.3) is 0 Å². The third-order valence-electron chi connectivity index (χ3n) is 3.17. The van der Waals surface area contributed by atoms with E-state index in [-0.39, 0.29) is 0 Å². The lowest BCUT2D eigenvalue weighted by molar-refractivity contribution is 0.357. The number of hydrogen-bond acceptors (Lipinski definition) is 2. The summed E-state index contributed by atoms with van der Waals surface area (Å²) in [7, 11) is 0. The molecule has 0 saturated heterocycles. The maximum atomic E-state index is 5.93. The third kappa shape index (κ3) is 2.88. The van der Waals surface area contributed by atoms with Crippen LogP contribution in [0.25, 0.3) is 0 Å². The zero-order valence-corrected chi connectivity index (χ0v) is 12.6. The van der Waals surface area contributed by atoms with Gasteiger partial charge in [0.2, 0.25) is 0 Å². The summed E-state index contributed by atoms with van der Waals surface area (Å²) in [6, 6.07) is 12.1. The predicted octanol–water partition coefficient (Wildman–Crippen LogP) is 4.65. The van der Waals surface area contributed by atoms with Crippen LogP contribution in [-0.2, 0) is 13.0 Å². The number of nitrogens with one attached hydrogen (secondary N) is 1. The number of ether oxygens (including phenoxy) is 1. The summed E-state index contributed by atoms with van der Waals surface area (Å²) in [5.74, 6) is 1.02. The Labute approximate surface area is 125 Å². The van der Waals surface area contributed by atoms with Crippen LogP contribution < -0.4 is 10.1 Å². The van der Waals surface area contributed by atoms with Crippen molar-refractivity contribution in [1.82, 2.24) is 0 Å². The third-order valence-corrected chi connectivity index (χ3v) is 4.06. The van der Waals surface area contributed by atoms with Crippen molar-refractivity contribution in [1.29, 1.82) is 0 Å². The molecule has 1 aliphatic rings. The van der Waals surface area contributed by atoms with E-state index >= 15 is 0 Å². The van der Waals surface area contributed by atoms with E-state index in [0.29, 0.717) is 0 Å². The fraction of sp³-hybridized carbons (Fsp3) is 0.200. The van der Waals surface area contributed by atoms with Crippen LogP contribution in [0, 0.1) is 0 Å². The summed E-state index contributed by atoms with van der Waals surface area (Å²) in [5, 5.41) is 4.13. The van der Waals surface area contributed by atoms with Gasteiger partial charge in [-0.25, -0.2) is 0 Å². The van der Waals surface area contributed by atoms with Gasteiger partial charge >= 0.3 is 0 Å². The summed E-state index contributed by atoms with van der Waals surface area (Å²) in [5.41, 5.74) is 3.60. The van der Waals surface area contributed by atoms with Crippen LogP contribution in [0.15, 0.2) is 40.9 Å². The minimum atomic E-state index is 0.729. The first kappa shape index (κ1) is 12.8. The molecule has 0 amide bonds. The maximum absolute atomic E-state index is 5.93. The van der Waals surface area contributed by atoms with Crippen LogP contribution in [0.1, 0.15) is 11.1 Å². The van der Waals surface area contributed by atoms with Crippen molar-refractivity contribution < 1.29 is 4.74 Å². The lowest BCUT2D eigenvalue weighted by atomic mass is 10.1. The second kappa shape index (κ2) is 5.43. The van der Waals surface area contributed by atoms with E-state index in [9.17, 15) is 0 Å². The normalized spacial score (nSPS) is 12.9. The fourth-order valence-electron chi connectivity index (χ4n) is 2.18. The Bertz CT molecular complexity index is 615. The number of fused-ring (bicyclic) bond motifs is 1. The van der Waals surface area contributed by atoms with E-state index in [1.807, 2.05) is 18.2 Å². The lowest BCUT2D eigenvalue weighted by Crippen LogP contribution is -2.00. The van der Waals surface area contributed by atoms with E-state index in [1.54, 1.807) is 0 Å². The van der Waals surface area contributed by atoms with E-state index in [1.165, 1.54) is 11.1 Å². The van der Waals surface area contributed by atoms with Gasteiger partial charge in [0.05, 0.1) is 6.61 Å². The second-order valence-corrected chi connectivity index (χ2v) is 5.81. The molecule has 0 unspecified atom stereocenters. The summed E-state index contributed by atoms with van der Waals surface area (Å²) in [6.45, 7) is 1.59.